The van der Waals surface area contributed by atoms with Crippen molar-refractivity contribution in [3.63, 3.8) is 0 Å². The van der Waals surface area contributed by atoms with Gasteiger partial charge in [-0.3, -0.25) is 4.79 Å². The molecule has 0 aliphatic carbocycles. The minimum absolute atomic E-state index is 0.0375. The van der Waals surface area contributed by atoms with Gasteiger partial charge in [-0.25, -0.2) is 13.2 Å². The van der Waals surface area contributed by atoms with E-state index in [4.69, 9.17) is 11.2 Å². The Hall–Kier alpha value is -3.22. The highest BCUT2D eigenvalue weighted by Gasteiger charge is 2.14. The summed E-state index contributed by atoms with van der Waals surface area (Å²) < 4.78 is 30.9. The first kappa shape index (κ1) is 21.5. The predicted molar refractivity (Wildman–Crippen MR) is 114 cm³/mol. The number of hydrogen-bond acceptors (Lipinski definition) is 6. The molecule has 2 aromatic carbocycles. The molecular weight excluding hydrogens is 424 g/mol. The lowest BCUT2D eigenvalue weighted by molar-refractivity contribution is 0.0526. The van der Waals surface area contributed by atoms with Crippen molar-refractivity contribution in [3.05, 3.63) is 58.4 Å². The van der Waals surface area contributed by atoms with Gasteiger partial charge in [0.1, 0.15) is 0 Å². The first-order chi connectivity index (χ1) is 14.2. The molecule has 0 unspecified atom stereocenters. The Kier molecular flexibility index (Phi) is 6.20. The van der Waals surface area contributed by atoms with Crippen LogP contribution in [0.4, 0.5) is 0 Å². The van der Waals surface area contributed by atoms with Gasteiger partial charge in [0, 0.05) is 11.8 Å². The van der Waals surface area contributed by atoms with Crippen molar-refractivity contribution in [1.82, 2.24) is 4.57 Å². The molecule has 3 rings (SSSR count). The van der Waals surface area contributed by atoms with E-state index in [0.29, 0.717) is 15.1 Å². The summed E-state index contributed by atoms with van der Waals surface area (Å²) in [5, 5.41) is 0. The summed E-state index contributed by atoms with van der Waals surface area (Å²) in [6, 6.07) is 10.7. The number of nitrogens with zero attached hydrogens (tertiary/aromatic N) is 2. The Labute approximate surface area is 177 Å². The molecule has 1 amide bonds. The van der Waals surface area contributed by atoms with Crippen molar-refractivity contribution in [1.29, 1.82) is 0 Å². The van der Waals surface area contributed by atoms with Gasteiger partial charge in [0.15, 0.2) is 14.6 Å². The topological polar surface area (TPSA) is 94.8 Å². The Morgan fingerprint density at radius 3 is 2.63 bits per heavy atom. The van der Waals surface area contributed by atoms with Crippen molar-refractivity contribution in [2.24, 2.45) is 4.99 Å². The van der Waals surface area contributed by atoms with E-state index in [-0.39, 0.29) is 23.6 Å². The van der Waals surface area contributed by atoms with Crippen LogP contribution in [0.15, 0.2) is 52.4 Å². The van der Waals surface area contributed by atoms with Crippen LogP contribution in [0.25, 0.3) is 10.2 Å². The molecule has 0 saturated heterocycles. The fourth-order valence-corrected chi connectivity index (χ4v) is 4.49. The van der Waals surface area contributed by atoms with Gasteiger partial charge in [0.25, 0.3) is 5.91 Å². The first-order valence-corrected chi connectivity index (χ1v) is 11.6. The molecule has 30 heavy (non-hydrogen) atoms. The lowest BCUT2D eigenvalue weighted by Crippen LogP contribution is -2.16. The second-order valence-corrected chi connectivity index (χ2v) is 9.32. The third-order valence-electron chi connectivity index (χ3n) is 4.15. The zero-order valence-electron chi connectivity index (χ0n) is 16.3. The van der Waals surface area contributed by atoms with Crippen LogP contribution in [-0.2, 0) is 21.1 Å². The molecule has 154 valence electrons. The third-order valence-corrected chi connectivity index (χ3v) is 6.30. The lowest BCUT2D eigenvalue weighted by atomic mass is 10.2. The molecule has 3 aromatic rings. The van der Waals surface area contributed by atoms with Crippen molar-refractivity contribution in [2.45, 2.75) is 18.4 Å². The zero-order chi connectivity index (χ0) is 21.9. The number of benzene rings is 2. The largest absolute Gasteiger partial charge is 0.462 e. The molecule has 0 N–H and O–H groups in total. The summed E-state index contributed by atoms with van der Waals surface area (Å²) >= 11 is 1.20. The van der Waals surface area contributed by atoms with Crippen LogP contribution >= 0.6 is 11.3 Å². The molecular formula is C21H18N2O5S2. The highest BCUT2D eigenvalue weighted by molar-refractivity contribution is 7.90. The Morgan fingerprint density at radius 2 is 1.97 bits per heavy atom. The molecule has 0 fully saturated rings. The normalized spacial score (nSPS) is 12.0. The van der Waals surface area contributed by atoms with E-state index < -0.39 is 21.7 Å². The smallest absolute Gasteiger partial charge is 0.338 e. The van der Waals surface area contributed by atoms with Crippen LogP contribution in [0.5, 0.6) is 0 Å². The van der Waals surface area contributed by atoms with E-state index >= 15 is 0 Å². The molecule has 0 atom stereocenters. The summed E-state index contributed by atoms with van der Waals surface area (Å²) in [5.41, 5.74) is 1.26. The number of carbonyl (C=O) groups is 2. The average molecular weight is 443 g/mol. The molecule has 1 aromatic heterocycles. The third kappa shape index (κ3) is 4.50. The van der Waals surface area contributed by atoms with Crippen molar-refractivity contribution >= 4 is 43.3 Å². The number of aromatic nitrogens is 1. The summed E-state index contributed by atoms with van der Waals surface area (Å²) in [6.07, 6.45) is 6.54. The monoisotopic (exact) mass is 442 g/mol. The number of thiazole rings is 1. The van der Waals surface area contributed by atoms with Gasteiger partial charge in [-0.2, -0.15) is 4.99 Å². The summed E-state index contributed by atoms with van der Waals surface area (Å²) in [4.78, 5) is 29.2. The van der Waals surface area contributed by atoms with Crippen LogP contribution in [0.2, 0.25) is 0 Å². The van der Waals surface area contributed by atoms with Crippen molar-refractivity contribution < 1.29 is 22.7 Å². The van der Waals surface area contributed by atoms with Crippen LogP contribution in [-0.4, -0.2) is 37.7 Å². The van der Waals surface area contributed by atoms with E-state index in [0.717, 1.165) is 11.8 Å². The van der Waals surface area contributed by atoms with Crippen LogP contribution < -0.4 is 4.80 Å². The Bertz CT molecular complexity index is 1360. The van der Waals surface area contributed by atoms with Crippen molar-refractivity contribution in [2.75, 3.05) is 12.9 Å². The number of amides is 1. The van der Waals surface area contributed by atoms with Gasteiger partial charge in [0.05, 0.1) is 33.8 Å². The summed E-state index contributed by atoms with van der Waals surface area (Å²) in [6.45, 7) is 2.16. The van der Waals surface area contributed by atoms with Gasteiger partial charge < -0.3 is 9.30 Å². The molecule has 0 bridgehead atoms. The van der Waals surface area contributed by atoms with Gasteiger partial charge in [0.2, 0.25) is 0 Å². The maximum Gasteiger partial charge on any atom is 0.338 e. The lowest BCUT2D eigenvalue weighted by Gasteiger charge is -2.03. The number of sulfone groups is 1. The van der Waals surface area contributed by atoms with Gasteiger partial charge in [-0.1, -0.05) is 23.3 Å². The van der Waals surface area contributed by atoms with E-state index in [1.54, 1.807) is 29.7 Å². The Morgan fingerprint density at radius 1 is 1.20 bits per heavy atom. The number of ether oxygens (including phenoxy) is 1. The molecule has 0 aliphatic rings. The Balaban J connectivity index is 2.11. The fourth-order valence-electron chi connectivity index (χ4n) is 2.76. The van der Waals surface area contributed by atoms with Crippen LogP contribution in [0.3, 0.4) is 0 Å². The molecule has 1 heterocycles. The molecule has 9 heteroatoms. The minimum Gasteiger partial charge on any atom is -0.462 e. The fraction of sp³-hybridized carbons (Fsp3) is 0.190. The van der Waals surface area contributed by atoms with Crippen LogP contribution in [0.1, 0.15) is 27.6 Å². The standard InChI is InChI=1S/C21H18N2O5S2/c1-4-11-23-17-10-9-15(20(25)28-5-2)13-18(17)29-21(23)22-19(24)14-7-6-8-16(12-14)30(3,26)27/h1,6-10,12-13H,5,11H2,2-3H3. The summed E-state index contributed by atoms with van der Waals surface area (Å²) in [7, 11) is -3.45. The SMILES string of the molecule is C#CCn1c(=NC(=O)c2cccc(S(C)(=O)=O)c2)sc2cc(C(=O)OCC)ccc21. The van der Waals surface area contributed by atoms with Gasteiger partial charge in [-0.15, -0.1) is 6.42 Å². The first-order valence-electron chi connectivity index (χ1n) is 8.87. The second kappa shape index (κ2) is 8.65. The number of hydrogen-bond donors (Lipinski definition) is 0. The molecule has 0 aliphatic heterocycles. The van der Waals surface area contributed by atoms with E-state index in [2.05, 4.69) is 10.9 Å². The van der Waals surface area contributed by atoms with E-state index in [1.165, 1.54) is 35.6 Å². The number of fused-ring (bicyclic) bond motifs is 1. The number of terminal acetylenes is 1. The summed E-state index contributed by atoms with van der Waals surface area (Å²) in [5.74, 6) is 1.49. The number of carbonyl (C=O) groups excluding carboxylic acids is 2. The molecule has 0 saturated carbocycles. The second-order valence-electron chi connectivity index (χ2n) is 6.29. The molecule has 7 nitrogen and oxygen atoms in total. The maximum absolute atomic E-state index is 12.7. The minimum atomic E-state index is -3.45. The predicted octanol–water partition coefficient (Wildman–Crippen LogP) is 2.66. The average Bonchev–Trinajstić information content (AvgIpc) is 3.04. The zero-order valence-corrected chi connectivity index (χ0v) is 17.9. The van der Waals surface area contributed by atoms with E-state index in [1.807, 2.05) is 0 Å². The van der Waals surface area contributed by atoms with E-state index in [9.17, 15) is 18.0 Å². The highest BCUT2D eigenvalue weighted by Crippen LogP contribution is 2.20. The highest BCUT2D eigenvalue weighted by atomic mass is 32.2. The number of esters is 1. The molecule has 0 spiro atoms. The quantitative estimate of drug-likeness (QED) is 0.447. The van der Waals surface area contributed by atoms with Gasteiger partial charge >= 0.3 is 5.97 Å². The maximum atomic E-state index is 12.7. The number of rotatable bonds is 5. The van der Waals surface area contributed by atoms with Crippen molar-refractivity contribution in [3.8, 4) is 12.3 Å². The molecule has 0 radical (unpaired) electrons. The van der Waals surface area contributed by atoms with Crippen LogP contribution in [0, 0.1) is 12.3 Å². The van der Waals surface area contributed by atoms with Gasteiger partial charge in [-0.05, 0) is 43.3 Å².